The zero-order valence-corrected chi connectivity index (χ0v) is 35.4. The molecule has 0 N–H and O–H groups in total. The summed E-state index contributed by atoms with van der Waals surface area (Å²) in [6, 6.07) is 83.0. The molecule has 2 aliphatic carbocycles. The molecular weight excluding hydrogens is 795 g/mol. The molecule has 298 valence electrons. The first-order chi connectivity index (χ1) is 31.8. The van der Waals surface area contributed by atoms with Gasteiger partial charge in [-0.2, -0.15) is 0 Å². The van der Waals surface area contributed by atoms with Crippen molar-refractivity contribution in [1.82, 2.24) is 0 Å². The van der Waals surface area contributed by atoms with Crippen LogP contribution in [0.1, 0.15) is 22.3 Å². The van der Waals surface area contributed by atoms with Gasteiger partial charge in [-0.15, -0.1) is 11.3 Å². The Labute approximate surface area is 374 Å². The number of benzene rings is 10. The number of thiophene rings is 1. The minimum absolute atomic E-state index is 0.605. The van der Waals surface area contributed by atoms with Crippen LogP contribution < -0.4 is 4.90 Å². The number of nitrogens with zero attached hydrogens (tertiary/aromatic N) is 1. The van der Waals surface area contributed by atoms with Crippen molar-refractivity contribution in [3.05, 3.63) is 247 Å². The summed E-state index contributed by atoms with van der Waals surface area (Å²) in [5.41, 5.74) is 19.5. The number of rotatable bonds is 4. The van der Waals surface area contributed by atoms with E-state index in [4.69, 9.17) is 4.42 Å². The highest BCUT2D eigenvalue weighted by atomic mass is 32.1. The van der Waals surface area contributed by atoms with E-state index in [1.165, 1.54) is 75.8 Å². The number of furan rings is 1. The third kappa shape index (κ3) is 4.85. The minimum Gasteiger partial charge on any atom is -0.456 e. The van der Waals surface area contributed by atoms with Crippen molar-refractivity contribution in [2.75, 3.05) is 4.90 Å². The lowest BCUT2D eigenvalue weighted by molar-refractivity contribution is 0.669. The maximum atomic E-state index is 6.57. The van der Waals surface area contributed by atoms with Crippen molar-refractivity contribution in [2.24, 2.45) is 0 Å². The molecule has 0 radical (unpaired) electrons. The average Bonchev–Trinajstić information content (AvgIpc) is 4.00. The van der Waals surface area contributed by atoms with Gasteiger partial charge >= 0.3 is 0 Å². The van der Waals surface area contributed by atoms with Gasteiger partial charge in [0.1, 0.15) is 11.2 Å². The van der Waals surface area contributed by atoms with Crippen molar-refractivity contribution in [3.63, 3.8) is 0 Å². The molecule has 1 unspecified atom stereocenters. The number of para-hydroxylation sites is 2. The topological polar surface area (TPSA) is 16.4 Å². The lowest BCUT2D eigenvalue weighted by Crippen LogP contribution is -2.29. The van der Waals surface area contributed by atoms with Crippen molar-refractivity contribution >= 4 is 70.5 Å². The molecule has 3 heteroatoms. The minimum atomic E-state index is -0.605. The van der Waals surface area contributed by atoms with Crippen LogP contribution >= 0.6 is 11.3 Å². The standard InChI is InChI=1S/C61H37NOS/c1-2-16-38(17-3-1)41-18-8-13-27-54(41)62(40-30-32-46-45-22-9-14-28-55(45)63-56(46)37-40)39-31-33-52-49(36-39)43-20-5-4-19-42(43)44-21-6-11-25-50(44)61(52)51-26-12-7-23-47(51)59-53(61)34-35-58-60(59)48-24-10-15-29-57(48)64-58/h1-37H. The summed E-state index contributed by atoms with van der Waals surface area (Å²) in [5.74, 6) is 0. The van der Waals surface area contributed by atoms with E-state index in [9.17, 15) is 0 Å². The predicted molar refractivity (Wildman–Crippen MR) is 268 cm³/mol. The van der Waals surface area contributed by atoms with E-state index < -0.39 is 5.41 Å². The molecule has 64 heavy (non-hydrogen) atoms. The fraction of sp³-hybridized carbons (Fsp3) is 0.0164. The monoisotopic (exact) mass is 831 g/mol. The molecular formula is C61H37NOS. The quantitative estimate of drug-likeness (QED) is 0.176. The van der Waals surface area contributed by atoms with Crippen LogP contribution in [0.4, 0.5) is 17.1 Å². The van der Waals surface area contributed by atoms with Crippen LogP contribution in [0, 0.1) is 0 Å². The normalized spacial score (nSPS) is 14.6. The lowest BCUT2D eigenvalue weighted by atomic mass is 9.66. The SMILES string of the molecule is c1ccc(-c2ccccc2N(c2ccc3c(c2)-c2ccccc2-c2ccccc2C32c3ccccc3-c3c2ccc2sc4ccccc4c32)c2ccc3c(c2)oc2ccccc23)cc1. The van der Waals surface area contributed by atoms with Crippen LogP contribution in [0.25, 0.3) is 86.6 Å². The molecule has 10 aromatic carbocycles. The van der Waals surface area contributed by atoms with Gasteiger partial charge in [0.15, 0.2) is 0 Å². The van der Waals surface area contributed by atoms with Gasteiger partial charge in [-0.1, -0.05) is 170 Å². The Balaban J connectivity index is 1.10. The van der Waals surface area contributed by atoms with E-state index in [0.29, 0.717) is 0 Å². The highest BCUT2D eigenvalue weighted by Crippen LogP contribution is 2.64. The second-order valence-corrected chi connectivity index (χ2v) is 18.2. The van der Waals surface area contributed by atoms with Gasteiger partial charge in [0, 0.05) is 53.9 Å². The van der Waals surface area contributed by atoms with Crippen molar-refractivity contribution in [3.8, 4) is 44.5 Å². The number of hydrogen-bond acceptors (Lipinski definition) is 3. The summed E-state index contributed by atoms with van der Waals surface area (Å²) >= 11 is 1.89. The van der Waals surface area contributed by atoms with Crippen LogP contribution in [-0.4, -0.2) is 0 Å². The predicted octanol–water partition coefficient (Wildman–Crippen LogP) is 17.1. The molecule has 1 atom stereocenters. The van der Waals surface area contributed by atoms with Crippen molar-refractivity contribution in [2.45, 2.75) is 5.41 Å². The maximum absolute atomic E-state index is 6.57. The van der Waals surface area contributed by atoms with Gasteiger partial charge in [-0.3, -0.25) is 0 Å². The van der Waals surface area contributed by atoms with E-state index in [2.05, 4.69) is 223 Å². The van der Waals surface area contributed by atoms with Gasteiger partial charge in [-0.05, 0) is 110 Å². The molecule has 0 aliphatic heterocycles. The molecule has 2 aliphatic rings. The molecule has 0 saturated carbocycles. The third-order valence-electron chi connectivity index (χ3n) is 13.9. The summed E-state index contributed by atoms with van der Waals surface area (Å²) in [6.45, 7) is 0. The molecule has 0 saturated heterocycles. The fourth-order valence-corrected chi connectivity index (χ4v) is 12.5. The van der Waals surface area contributed by atoms with Crippen LogP contribution in [0.15, 0.2) is 229 Å². The summed E-state index contributed by atoms with van der Waals surface area (Å²) in [6.07, 6.45) is 0. The van der Waals surface area contributed by atoms with Crippen molar-refractivity contribution < 1.29 is 4.42 Å². The van der Waals surface area contributed by atoms with Gasteiger partial charge in [0.05, 0.1) is 11.1 Å². The fourth-order valence-electron chi connectivity index (χ4n) is 11.3. The van der Waals surface area contributed by atoms with E-state index in [1.54, 1.807) is 0 Å². The highest BCUT2D eigenvalue weighted by Gasteiger charge is 2.50. The van der Waals surface area contributed by atoms with E-state index in [0.717, 1.165) is 50.1 Å². The molecule has 1 spiro atoms. The third-order valence-corrected chi connectivity index (χ3v) is 15.0. The van der Waals surface area contributed by atoms with E-state index >= 15 is 0 Å². The summed E-state index contributed by atoms with van der Waals surface area (Å²) in [5, 5.41) is 4.90. The Morgan fingerprint density at radius 3 is 1.78 bits per heavy atom. The molecule has 0 amide bonds. The zero-order chi connectivity index (χ0) is 41.9. The van der Waals surface area contributed by atoms with Crippen LogP contribution in [0.2, 0.25) is 0 Å². The first kappa shape index (κ1) is 35.6. The Morgan fingerprint density at radius 2 is 0.938 bits per heavy atom. The van der Waals surface area contributed by atoms with Crippen LogP contribution in [0.3, 0.4) is 0 Å². The maximum Gasteiger partial charge on any atom is 0.137 e. The second-order valence-electron chi connectivity index (χ2n) is 17.1. The molecule has 2 nitrogen and oxygen atoms in total. The summed E-state index contributed by atoms with van der Waals surface area (Å²) < 4.78 is 9.21. The Hall–Kier alpha value is -7.98. The molecule has 0 fully saturated rings. The Bertz CT molecular complexity index is 3870. The van der Waals surface area contributed by atoms with Crippen LogP contribution in [-0.2, 0) is 5.41 Å². The highest BCUT2D eigenvalue weighted by molar-refractivity contribution is 7.26. The molecule has 14 rings (SSSR count). The van der Waals surface area contributed by atoms with E-state index in [-0.39, 0.29) is 0 Å². The summed E-state index contributed by atoms with van der Waals surface area (Å²) in [4.78, 5) is 2.43. The molecule has 2 heterocycles. The number of hydrogen-bond donors (Lipinski definition) is 0. The Morgan fingerprint density at radius 1 is 0.359 bits per heavy atom. The van der Waals surface area contributed by atoms with Crippen LogP contribution in [0.5, 0.6) is 0 Å². The van der Waals surface area contributed by atoms with Crippen molar-refractivity contribution in [1.29, 1.82) is 0 Å². The molecule has 2 aromatic heterocycles. The van der Waals surface area contributed by atoms with E-state index in [1.807, 2.05) is 17.4 Å². The average molecular weight is 832 g/mol. The lowest BCUT2D eigenvalue weighted by Gasteiger charge is -2.36. The van der Waals surface area contributed by atoms with Gasteiger partial charge in [-0.25, -0.2) is 0 Å². The second kappa shape index (κ2) is 13.5. The smallest absolute Gasteiger partial charge is 0.137 e. The zero-order valence-electron chi connectivity index (χ0n) is 34.6. The summed E-state index contributed by atoms with van der Waals surface area (Å²) in [7, 11) is 0. The number of anilines is 3. The van der Waals surface area contributed by atoms with Gasteiger partial charge < -0.3 is 9.32 Å². The first-order valence-electron chi connectivity index (χ1n) is 22.0. The largest absolute Gasteiger partial charge is 0.456 e. The Kier molecular flexibility index (Phi) is 7.51. The number of fused-ring (bicyclic) bond motifs is 19. The van der Waals surface area contributed by atoms with Gasteiger partial charge in [0.2, 0.25) is 0 Å². The van der Waals surface area contributed by atoms with Gasteiger partial charge in [0.25, 0.3) is 0 Å². The molecule has 12 aromatic rings. The molecule has 0 bridgehead atoms. The first-order valence-corrected chi connectivity index (χ1v) is 22.8.